The Bertz CT molecular complexity index is 677. The molecule has 2 aromatic carbocycles. The minimum Gasteiger partial charge on any atom is -0.497 e. The molecule has 106 valence electrons. The van der Waals surface area contributed by atoms with Crippen molar-refractivity contribution in [3.05, 3.63) is 72.3 Å². The van der Waals surface area contributed by atoms with Gasteiger partial charge in [-0.3, -0.25) is 9.59 Å². The van der Waals surface area contributed by atoms with E-state index in [-0.39, 0.29) is 5.57 Å². The lowest BCUT2D eigenvalue weighted by Crippen LogP contribution is -2.19. The molecule has 0 bridgehead atoms. The molecule has 0 atom stereocenters. The van der Waals surface area contributed by atoms with Crippen molar-refractivity contribution in [2.75, 3.05) is 12.4 Å². The summed E-state index contributed by atoms with van der Waals surface area (Å²) >= 11 is 0. The minimum atomic E-state index is -0.530. The summed E-state index contributed by atoms with van der Waals surface area (Å²) in [7, 11) is 1.54. The maximum Gasteiger partial charge on any atom is 0.259 e. The van der Waals surface area contributed by atoms with Crippen LogP contribution in [0.25, 0.3) is 0 Å². The molecule has 1 N–H and O–H groups in total. The number of ether oxygens (including phenoxy) is 1. The average molecular weight is 281 g/mol. The van der Waals surface area contributed by atoms with Crippen molar-refractivity contribution in [3.8, 4) is 5.75 Å². The maximum atomic E-state index is 12.1. The van der Waals surface area contributed by atoms with Gasteiger partial charge in [-0.25, -0.2) is 0 Å². The summed E-state index contributed by atoms with van der Waals surface area (Å²) in [6, 6.07) is 15.4. The normalized spacial score (nSPS) is 9.76. The Morgan fingerprint density at radius 1 is 1.05 bits per heavy atom. The molecule has 0 saturated carbocycles. The highest BCUT2D eigenvalue weighted by atomic mass is 16.5. The Morgan fingerprint density at radius 3 is 2.43 bits per heavy atom. The molecule has 0 spiro atoms. The van der Waals surface area contributed by atoms with Crippen LogP contribution in [-0.2, 0) is 4.79 Å². The molecule has 1 amide bonds. The zero-order chi connectivity index (χ0) is 15.2. The topological polar surface area (TPSA) is 55.4 Å². The molecule has 2 rings (SSSR count). The largest absolute Gasteiger partial charge is 0.497 e. The number of carbonyl (C=O) groups is 2. The standard InChI is InChI=1S/C17H15NO3/c1-12(16(19)13-7-4-3-5-8-13)17(20)18-14-9-6-10-15(11-14)21-2/h3-11H,1H2,2H3,(H,18,20). The van der Waals surface area contributed by atoms with Gasteiger partial charge >= 0.3 is 0 Å². The SMILES string of the molecule is C=C(C(=O)Nc1cccc(OC)c1)C(=O)c1ccccc1. The molecular weight excluding hydrogens is 266 g/mol. The van der Waals surface area contributed by atoms with Gasteiger partial charge in [0.1, 0.15) is 5.75 Å². The Kier molecular flexibility index (Phi) is 4.51. The van der Waals surface area contributed by atoms with Gasteiger partial charge < -0.3 is 10.1 Å². The number of hydrogen-bond acceptors (Lipinski definition) is 3. The van der Waals surface area contributed by atoms with Gasteiger partial charge in [-0.1, -0.05) is 43.0 Å². The molecule has 0 radical (unpaired) electrons. The Morgan fingerprint density at radius 2 is 1.76 bits per heavy atom. The molecular formula is C17H15NO3. The number of benzene rings is 2. The van der Waals surface area contributed by atoms with Crippen LogP contribution in [-0.4, -0.2) is 18.8 Å². The number of ketones is 1. The van der Waals surface area contributed by atoms with E-state index in [0.717, 1.165) is 0 Å². The van der Waals surface area contributed by atoms with Crippen molar-refractivity contribution < 1.29 is 14.3 Å². The van der Waals surface area contributed by atoms with Crippen molar-refractivity contribution in [2.45, 2.75) is 0 Å². The van der Waals surface area contributed by atoms with Gasteiger partial charge in [-0.15, -0.1) is 0 Å². The lowest BCUT2D eigenvalue weighted by molar-refractivity contribution is -0.112. The molecule has 0 fully saturated rings. The number of anilines is 1. The Labute approximate surface area is 123 Å². The third-order valence-electron chi connectivity index (χ3n) is 2.91. The molecule has 4 nitrogen and oxygen atoms in total. The summed E-state index contributed by atoms with van der Waals surface area (Å²) in [6.45, 7) is 3.58. The maximum absolute atomic E-state index is 12.1. The van der Waals surface area contributed by atoms with Crippen molar-refractivity contribution in [1.82, 2.24) is 0 Å². The van der Waals surface area contributed by atoms with Crippen LogP contribution in [0.15, 0.2) is 66.7 Å². The van der Waals surface area contributed by atoms with Crippen LogP contribution in [0.4, 0.5) is 5.69 Å². The lowest BCUT2D eigenvalue weighted by atomic mass is 10.0. The van der Waals surface area contributed by atoms with E-state index >= 15 is 0 Å². The first kappa shape index (κ1) is 14.5. The first-order chi connectivity index (χ1) is 10.1. The summed E-state index contributed by atoms with van der Waals surface area (Å²) in [5, 5.41) is 2.63. The smallest absolute Gasteiger partial charge is 0.259 e. The van der Waals surface area contributed by atoms with E-state index in [2.05, 4.69) is 11.9 Å². The van der Waals surface area contributed by atoms with E-state index in [1.54, 1.807) is 61.7 Å². The molecule has 0 aliphatic heterocycles. The fourth-order valence-corrected chi connectivity index (χ4v) is 1.77. The van der Waals surface area contributed by atoms with Gasteiger partial charge in [-0.2, -0.15) is 0 Å². The fourth-order valence-electron chi connectivity index (χ4n) is 1.77. The molecule has 0 saturated heterocycles. The van der Waals surface area contributed by atoms with Crippen LogP contribution in [0.3, 0.4) is 0 Å². The Hall–Kier alpha value is -2.88. The lowest BCUT2D eigenvalue weighted by Gasteiger charge is -2.08. The van der Waals surface area contributed by atoms with Crippen LogP contribution in [0.5, 0.6) is 5.75 Å². The van der Waals surface area contributed by atoms with E-state index in [4.69, 9.17) is 4.74 Å². The summed E-state index contributed by atoms with van der Waals surface area (Å²) in [5.74, 6) is -0.305. The zero-order valence-electron chi connectivity index (χ0n) is 11.6. The van der Waals surface area contributed by atoms with Crippen molar-refractivity contribution in [2.24, 2.45) is 0 Å². The van der Waals surface area contributed by atoms with Gasteiger partial charge in [0.05, 0.1) is 12.7 Å². The number of methoxy groups -OCH3 is 1. The second-order valence-electron chi connectivity index (χ2n) is 4.36. The second-order valence-corrected chi connectivity index (χ2v) is 4.36. The van der Waals surface area contributed by atoms with Crippen LogP contribution in [0.1, 0.15) is 10.4 Å². The van der Waals surface area contributed by atoms with Crippen LogP contribution < -0.4 is 10.1 Å². The van der Waals surface area contributed by atoms with Crippen molar-refractivity contribution >= 4 is 17.4 Å². The van der Waals surface area contributed by atoms with E-state index in [1.807, 2.05) is 0 Å². The summed E-state index contributed by atoms with van der Waals surface area (Å²) in [4.78, 5) is 24.2. The molecule has 21 heavy (non-hydrogen) atoms. The number of amides is 1. The van der Waals surface area contributed by atoms with Crippen molar-refractivity contribution in [3.63, 3.8) is 0 Å². The number of nitrogens with one attached hydrogen (secondary N) is 1. The molecule has 2 aromatic rings. The first-order valence-electron chi connectivity index (χ1n) is 6.36. The number of carbonyl (C=O) groups excluding carboxylic acids is 2. The fraction of sp³-hybridized carbons (Fsp3) is 0.0588. The highest BCUT2D eigenvalue weighted by Crippen LogP contribution is 2.17. The second kappa shape index (κ2) is 6.52. The van der Waals surface area contributed by atoms with Crippen molar-refractivity contribution in [1.29, 1.82) is 0 Å². The summed E-state index contributed by atoms with van der Waals surface area (Å²) < 4.78 is 5.07. The van der Waals surface area contributed by atoms with E-state index in [9.17, 15) is 9.59 Å². The minimum absolute atomic E-state index is 0.107. The third kappa shape index (κ3) is 3.57. The van der Waals surface area contributed by atoms with Crippen LogP contribution in [0, 0.1) is 0 Å². The molecule has 0 unspecified atom stereocenters. The van der Waals surface area contributed by atoms with Gasteiger partial charge in [0, 0.05) is 17.3 Å². The van der Waals surface area contributed by atoms with E-state index < -0.39 is 11.7 Å². The molecule has 0 aliphatic carbocycles. The molecule has 0 aliphatic rings. The molecule has 4 heteroatoms. The number of rotatable bonds is 5. The monoisotopic (exact) mass is 281 g/mol. The summed E-state index contributed by atoms with van der Waals surface area (Å²) in [6.07, 6.45) is 0. The van der Waals surface area contributed by atoms with Gasteiger partial charge in [0.2, 0.25) is 0 Å². The quantitative estimate of drug-likeness (QED) is 0.396. The van der Waals surface area contributed by atoms with E-state index in [0.29, 0.717) is 17.0 Å². The zero-order valence-corrected chi connectivity index (χ0v) is 11.6. The highest BCUT2D eigenvalue weighted by molar-refractivity contribution is 6.28. The van der Waals surface area contributed by atoms with Gasteiger partial charge in [0.25, 0.3) is 5.91 Å². The predicted molar refractivity (Wildman–Crippen MR) is 81.5 cm³/mol. The molecule has 0 aromatic heterocycles. The number of hydrogen-bond donors (Lipinski definition) is 1. The summed E-state index contributed by atoms with van der Waals surface area (Å²) in [5.41, 5.74) is 0.869. The van der Waals surface area contributed by atoms with Gasteiger partial charge in [-0.05, 0) is 12.1 Å². The van der Waals surface area contributed by atoms with Crippen LogP contribution >= 0.6 is 0 Å². The Balaban J connectivity index is 2.09. The third-order valence-corrected chi connectivity index (χ3v) is 2.91. The van der Waals surface area contributed by atoms with Gasteiger partial charge in [0.15, 0.2) is 5.78 Å². The molecule has 0 heterocycles. The average Bonchev–Trinajstić information content (AvgIpc) is 2.54. The van der Waals surface area contributed by atoms with Crippen LogP contribution in [0.2, 0.25) is 0 Å². The van der Waals surface area contributed by atoms with E-state index in [1.165, 1.54) is 0 Å². The number of Topliss-reactive ketones (excluding diaryl/α,β-unsaturated/α-hetero) is 1. The predicted octanol–water partition coefficient (Wildman–Crippen LogP) is 3.07. The highest BCUT2D eigenvalue weighted by Gasteiger charge is 2.17. The first-order valence-corrected chi connectivity index (χ1v) is 6.36.